The maximum Gasteiger partial charge on any atom is 0.326 e. The van der Waals surface area contributed by atoms with Crippen LogP contribution in [0.5, 0.6) is 5.75 Å². The second-order valence-corrected chi connectivity index (χ2v) is 12.9. The lowest BCUT2D eigenvalue weighted by atomic mass is 9.68. The van der Waals surface area contributed by atoms with Gasteiger partial charge in [0.25, 0.3) is 0 Å². The summed E-state index contributed by atoms with van der Waals surface area (Å²) in [4.78, 5) is 56.8. The van der Waals surface area contributed by atoms with E-state index in [9.17, 15) is 24.3 Å². The Labute approximate surface area is 216 Å². The number of fused-ring (bicyclic) bond motifs is 9. The molecule has 2 aliphatic carbocycles. The van der Waals surface area contributed by atoms with Gasteiger partial charge in [-0.15, -0.1) is 11.8 Å². The predicted molar refractivity (Wildman–Crippen MR) is 134 cm³/mol. The van der Waals surface area contributed by atoms with Gasteiger partial charge in [0.05, 0.1) is 24.0 Å². The number of aliphatic carboxylic acids is 1. The van der Waals surface area contributed by atoms with Gasteiger partial charge in [0.2, 0.25) is 11.8 Å². The van der Waals surface area contributed by atoms with Crippen LogP contribution in [0, 0.1) is 35.5 Å². The van der Waals surface area contributed by atoms with Gasteiger partial charge in [-0.25, -0.2) is 4.79 Å². The first-order valence-electron chi connectivity index (χ1n) is 12.3. The van der Waals surface area contributed by atoms with Crippen LogP contribution in [0.1, 0.15) is 43.0 Å². The largest absolute Gasteiger partial charge is 0.496 e. The highest BCUT2D eigenvalue weighted by molar-refractivity contribution is 8.00. The highest BCUT2D eigenvalue weighted by Crippen LogP contribution is 2.69. The molecule has 190 valence electrons. The van der Waals surface area contributed by atoms with Crippen LogP contribution < -0.4 is 9.61 Å². The van der Waals surface area contributed by atoms with Gasteiger partial charge >= 0.3 is 10.8 Å². The van der Waals surface area contributed by atoms with Crippen molar-refractivity contribution in [3.05, 3.63) is 44.4 Å². The molecule has 6 rings (SSSR count). The minimum atomic E-state index is -1.13. The van der Waals surface area contributed by atoms with Gasteiger partial charge in [0, 0.05) is 21.6 Å². The maximum atomic E-state index is 13.8. The smallest absolute Gasteiger partial charge is 0.326 e. The molecule has 2 N–H and O–H groups in total. The molecule has 1 aromatic heterocycles. The summed E-state index contributed by atoms with van der Waals surface area (Å²) in [6.45, 7) is 3.79. The number of hydrogen-bond acceptors (Lipinski definition) is 7. The average Bonchev–Trinajstić information content (AvgIpc) is 3.56. The fourth-order valence-corrected chi connectivity index (χ4v) is 10.3. The van der Waals surface area contributed by atoms with Crippen molar-refractivity contribution in [2.75, 3.05) is 7.11 Å². The Morgan fingerprint density at radius 2 is 1.86 bits per heavy atom. The van der Waals surface area contributed by atoms with E-state index in [0.717, 1.165) is 32.5 Å². The molecule has 2 bridgehead atoms. The van der Waals surface area contributed by atoms with Crippen LogP contribution in [0.15, 0.2) is 34.1 Å². The second-order valence-electron chi connectivity index (χ2n) is 10.7. The Hall–Kier alpha value is -2.59. The van der Waals surface area contributed by atoms with E-state index in [1.54, 1.807) is 18.9 Å². The van der Waals surface area contributed by atoms with Crippen LogP contribution in [0.3, 0.4) is 0 Å². The monoisotopic (exact) mass is 528 g/mol. The molecule has 1 aromatic carbocycles. The number of carboxylic acids is 1. The SMILES string of the molecule is COc1ccccc1[C@@H]1c2sc(=O)[nH]c2S[C@@H]2[C@H]3C[C@@H]([C@H]4C(=O)N([C@H](CC(C)C)C(=O)O)C(=O)[C@@H]34)[C@@H]12. The number of thioether (sulfide) groups is 1. The number of methoxy groups -OCH3 is 1. The molecule has 2 aliphatic heterocycles. The molecule has 4 aliphatic rings. The lowest BCUT2D eigenvalue weighted by molar-refractivity contribution is -0.156. The number of amides is 2. The van der Waals surface area contributed by atoms with Crippen LogP contribution in [-0.2, 0) is 14.4 Å². The number of para-hydroxylation sites is 1. The van der Waals surface area contributed by atoms with Gasteiger partial charge in [0.1, 0.15) is 11.8 Å². The molecule has 2 aromatic rings. The highest BCUT2D eigenvalue weighted by Gasteiger charge is 2.70. The van der Waals surface area contributed by atoms with Crippen LogP contribution >= 0.6 is 23.1 Å². The Bertz CT molecular complexity index is 1320. The molecule has 0 spiro atoms. The summed E-state index contributed by atoms with van der Waals surface area (Å²) in [6, 6.07) is 6.66. The van der Waals surface area contributed by atoms with E-state index in [4.69, 9.17) is 4.74 Å². The summed E-state index contributed by atoms with van der Waals surface area (Å²) >= 11 is 2.82. The number of nitrogens with zero attached hydrogens (tertiary/aromatic N) is 1. The Kier molecular flexibility index (Phi) is 5.60. The molecule has 2 amide bonds. The van der Waals surface area contributed by atoms with Crippen LogP contribution in [-0.4, -0.2) is 51.2 Å². The number of hydrogen-bond donors (Lipinski definition) is 2. The number of thiazole rings is 1. The molecule has 0 unspecified atom stereocenters. The van der Waals surface area contributed by atoms with Crippen molar-refractivity contribution in [3.8, 4) is 5.75 Å². The highest BCUT2D eigenvalue weighted by atomic mass is 32.2. The third-order valence-electron chi connectivity index (χ3n) is 8.52. The molecule has 3 heterocycles. The number of aromatic nitrogens is 1. The number of H-pyrrole nitrogens is 1. The lowest BCUT2D eigenvalue weighted by Gasteiger charge is -2.43. The van der Waals surface area contributed by atoms with E-state index in [2.05, 4.69) is 4.98 Å². The van der Waals surface area contributed by atoms with Crippen LogP contribution in [0.4, 0.5) is 0 Å². The number of aromatic amines is 1. The summed E-state index contributed by atoms with van der Waals surface area (Å²) in [7, 11) is 1.63. The topological polar surface area (TPSA) is 117 Å². The van der Waals surface area contributed by atoms with E-state index >= 15 is 0 Å². The molecule has 36 heavy (non-hydrogen) atoms. The Balaban J connectivity index is 1.44. The molecule has 3 fully saturated rings. The summed E-state index contributed by atoms with van der Waals surface area (Å²) in [6.07, 6.45) is 1.00. The Morgan fingerprint density at radius 3 is 2.53 bits per heavy atom. The van der Waals surface area contributed by atoms with E-state index < -0.39 is 23.8 Å². The van der Waals surface area contributed by atoms with Crippen molar-refractivity contribution in [2.45, 2.75) is 48.9 Å². The quantitative estimate of drug-likeness (QED) is 0.552. The van der Waals surface area contributed by atoms with Crippen molar-refractivity contribution in [3.63, 3.8) is 0 Å². The fraction of sp³-hybridized carbons (Fsp3) is 0.538. The number of ether oxygens (including phenoxy) is 1. The molecule has 8 atom stereocenters. The van der Waals surface area contributed by atoms with E-state index in [0.29, 0.717) is 0 Å². The number of carbonyl (C=O) groups excluding carboxylic acids is 2. The predicted octanol–water partition coefficient (Wildman–Crippen LogP) is 3.42. The van der Waals surface area contributed by atoms with E-state index in [1.807, 2.05) is 38.1 Å². The second kappa shape index (κ2) is 8.48. The van der Waals surface area contributed by atoms with Crippen molar-refractivity contribution >= 4 is 40.9 Å². The zero-order valence-corrected chi connectivity index (χ0v) is 21.8. The number of benzene rings is 1. The summed E-state index contributed by atoms with van der Waals surface area (Å²) in [5, 5.41) is 10.8. The number of carboxylic acid groups (broad SMARTS) is 1. The molecular formula is C26H28N2O6S2. The van der Waals surface area contributed by atoms with Gasteiger partial charge in [0.15, 0.2) is 0 Å². The van der Waals surface area contributed by atoms with Crippen LogP contribution in [0.2, 0.25) is 0 Å². The van der Waals surface area contributed by atoms with Gasteiger partial charge in [-0.3, -0.25) is 19.3 Å². The van der Waals surface area contributed by atoms with Crippen molar-refractivity contribution < 1.29 is 24.2 Å². The zero-order valence-electron chi connectivity index (χ0n) is 20.2. The number of carbonyl (C=O) groups is 3. The summed E-state index contributed by atoms with van der Waals surface area (Å²) in [5.74, 6) is -2.22. The van der Waals surface area contributed by atoms with Gasteiger partial charge in [-0.05, 0) is 42.6 Å². The molecule has 0 radical (unpaired) electrons. The standard InChI is InChI=1S/C26H28N2O6S2/c1-10(2)8-14(25(31)32)28-23(29)18-12-9-13(19(18)24(28)30)20-17(12)16(11-6-4-5-7-15(11)34-3)21-22(35-20)27-26(33)36-21/h4-7,10,12-14,16-20H,8-9H2,1-3H3,(H,27,33)(H,31,32)/t12-,13+,14-,16+,17+,18-,19+,20-/m1/s1. The van der Waals surface area contributed by atoms with Gasteiger partial charge in [-0.2, -0.15) is 0 Å². The first kappa shape index (κ1) is 23.8. The molecule has 10 heteroatoms. The summed E-state index contributed by atoms with van der Waals surface area (Å²) < 4.78 is 5.70. The number of likely N-dealkylation sites (tertiary alicyclic amines) is 1. The van der Waals surface area contributed by atoms with Crippen LogP contribution in [0.25, 0.3) is 0 Å². The number of nitrogens with one attached hydrogen (secondary N) is 1. The van der Waals surface area contributed by atoms with E-state index in [-0.39, 0.29) is 57.9 Å². The van der Waals surface area contributed by atoms with E-state index in [1.165, 1.54) is 11.3 Å². The van der Waals surface area contributed by atoms with Crippen molar-refractivity contribution in [2.24, 2.45) is 35.5 Å². The summed E-state index contributed by atoms with van der Waals surface area (Å²) in [5.41, 5.74) is 0.979. The average molecular weight is 529 g/mol. The molecule has 1 saturated heterocycles. The fourth-order valence-electron chi connectivity index (χ4n) is 7.38. The zero-order chi connectivity index (χ0) is 25.5. The minimum Gasteiger partial charge on any atom is -0.496 e. The van der Waals surface area contributed by atoms with Crippen molar-refractivity contribution in [1.29, 1.82) is 0 Å². The third-order valence-corrected chi connectivity index (χ3v) is 11.1. The molecule has 2 saturated carbocycles. The maximum absolute atomic E-state index is 13.8. The molecule has 8 nitrogen and oxygen atoms in total. The molecular weight excluding hydrogens is 500 g/mol. The lowest BCUT2D eigenvalue weighted by Crippen LogP contribution is -2.47. The van der Waals surface area contributed by atoms with Gasteiger partial charge in [-0.1, -0.05) is 43.4 Å². The normalized spacial score (nSPS) is 33.0. The first-order valence-corrected chi connectivity index (χ1v) is 14.0. The van der Waals surface area contributed by atoms with Crippen molar-refractivity contribution in [1.82, 2.24) is 9.88 Å². The third kappa shape index (κ3) is 3.26. The first-order chi connectivity index (χ1) is 17.2. The number of rotatable bonds is 6. The van der Waals surface area contributed by atoms with Gasteiger partial charge < -0.3 is 14.8 Å². The number of imide groups is 1. The Morgan fingerprint density at radius 1 is 1.17 bits per heavy atom. The minimum absolute atomic E-state index is 0.0322.